The first-order valence-electron chi connectivity index (χ1n) is 7.98. The third kappa shape index (κ3) is 2.70. The van der Waals surface area contributed by atoms with Gasteiger partial charge in [-0.05, 0) is 29.8 Å². The van der Waals surface area contributed by atoms with Crippen molar-refractivity contribution < 1.29 is 4.74 Å². The Balaban J connectivity index is 1.73. The molecule has 0 saturated carbocycles. The summed E-state index contributed by atoms with van der Waals surface area (Å²) in [6.45, 7) is 0. The first kappa shape index (κ1) is 15.2. The van der Waals surface area contributed by atoms with E-state index < -0.39 is 0 Å². The second kappa shape index (κ2) is 5.94. The number of methoxy groups -OCH3 is 1. The smallest absolute Gasteiger partial charge is 0.140 e. The van der Waals surface area contributed by atoms with Gasteiger partial charge in [0.2, 0.25) is 0 Å². The van der Waals surface area contributed by atoms with Crippen LogP contribution in [0.25, 0.3) is 33.5 Å². The summed E-state index contributed by atoms with van der Waals surface area (Å²) < 4.78 is 7.39. The van der Waals surface area contributed by atoms with Crippen molar-refractivity contribution in [2.45, 2.75) is 0 Å². The highest BCUT2D eigenvalue weighted by molar-refractivity contribution is 5.82. The number of imidazole rings is 1. The van der Waals surface area contributed by atoms with Gasteiger partial charge in [0.25, 0.3) is 0 Å². The van der Waals surface area contributed by atoms with Gasteiger partial charge < -0.3 is 15.0 Å². The molecule has 25 heavy (non-hydrogen) atoms. The summed E-state index contributed by atoms with van der Waals surface area (Å²) in [6.07, 6.45) is 1.78. The molecule has 0 amide bonds. The monoisotopic (exact) mass is 330 g/mol. The maximum Gasteiger partial charge on any atom is 0.140 e. The van der Waals surface area contributed by atoms with Crippen molar-refractivity contribution >= 4 is 16.9 Å². The van der Waals surface area contributed by atoms with E-state index in [0.29, 0.717) is 5.82 Å². The number of anilines is 1. The molecule has 2 heterocycles. The zero-order valence-electron chi connectivity index (χ0n) is 14.1. The van der Waals surface area contributed by atoms with E-state index in [-0.39, 0.29) is 0 Å². The van der Waals surface area contributed by atoms with Crippen LogP contribution >= 0.6 is 0 Å². The Morgan fingerprint density at radius 3 is 2.32 bits per heavy atom. The van der Waals surface area contributed by atoms with Crippen LogP contribution in [-0.2, 0) is 7.05 Å². The standard InChI is InChI=1S/C20H18N4O/c1-24-18-11-16(25-2)8-9-17(18)23-20(24)14-5-3-13(4-6-14)15-7-10-19(21)22-12-15/h3-12H,1-2H3,(H2,21,22). The molecule has 0 radical (unpaired) electrons. The average molecular weight is 330 g/mol. The van der Waals surface area contributed by atoms with Gasteiger partial charge in [0, 0.05) is 30.4 Å². The normalized spacial score (nSPS) is 11.0. The average Bonchev–Trinajstić information content (AvgIpc) is 2.98. The molecular formula is C20H18N4O. The topological polar surface area (TPSA) is 66.0 Å². The van der Waals surface area contributed by atoms with Crippen molar-refractivity contribution in [2.75, 3.05) is 12.8 Å². The highest BCUT2D eigenvalue weighted by Crippen LogP contribution is 2.28. The third-order valence-electron chi connectivity index (χ3n) is 4.35. The van der Waals surface area contributed by atoms with Crippen molar-refractivity contribution in [3.05, 3.63) is 60.8 Å². The van der Waals surface area contributed by atoms with Gasteiger partial charge in [0.05, 0.1) is 18.1 Å². The number of aryl methyl sites for hydroxylation is 1. The highest BCUT2D eigenvalue weighted by atomic mass is 16.5. The van der Waals surface area contributed by atoms with Gasteiger partial charge in [-0.2, -0.15) is 0 Å². The van der Waals surface area contributed by atoms with E-state index in [1.165, 1.54) is 0 Å². The van der Waals surface area contributed by atoms with E-state index in [4.69, 9.17) is 15.5 Å². The van der Waals surface area contributed by atoms with Gasteiger partial charge in [-0.1, -0.05) is 24.3 Å². The Bertz CT molecular complexity index is 1030. The van der Waals surface area contributed by atoms with Gasteiger partial charge in [0.1, 0.15) is 17.4 Å². The number of nitrogen functional groups attached to an aromatic ring is 1. The fourth-order valence-corrected chi connectivity index (χ4v) is 2.94. The third-order valence-corrected chi connectivity index (χ3v) is 4.35. The number of fused-ring (bicyclic) bond motifs is 1. The van der Waals surface area contributed by atoms with Crippen molar-refractivity contribution in [3.8, 4) is 28.3 Å². The van der Waals surface area contributed by atoms with Crippen molar-refractivity contribution in [2.24, 2.45) is 7.05 Å². The second-order valence-corrected chi connectivity index (χ2v) is 5.90. The minimum absolute atomic E-state index is 0.524. The quantitative estimate of drug-likeness (QED) is 0.619. The molecule has 0 saturated heterocycles. The Labute approximate surface area is 145 Å². The number of hydrogen-bond acceptors (Lipinski definition) is 4. The van der Waals surface area contributed by atoms with Crippen LogP contribution in [0.3, 0.4) is 0 Å². The summed E-state index contributed by atoms with van der Waals surface area (Å²) in [5.74, 6) is 2.27. The van der Waals surface area contributed by atoms with Crippen LogP contribution in [0.4, 0.5) is 5.82 Å². The first-order chi connectivity index (χ1) is 12.2. The van der Waals surface area contributed by atoms with Crippen LogP contribution in [0, 0.1) is 0 Å². The molecule has 0 spiro atoms. The molecule has 0 atom stereocenters. The van der Waals surface area contributed by atoms with Crippen molar-refractivity contribution in [1.82, 2.24) is 14.5 Å². The lowest BCUT2D eigenvalue weighted by atomic mass is 10.1. The molecule has 0 fully saturated rings. The summed E-state index contributed by atoms with van der Waals surface area (Å²) in [5.41, 5.74) is 10.8. The van der Waals surface area contributed by atoms with Gasteiger partial charge in [-0.15, -0.1) is 0 Å². The summed E-state index contributed by atoms with van der Waals surface area (Å²) in [4.78, 5) is 8.90. The van der Waals surface area contributed by atoms with Crippen LogP contribution in [0.5, 0.6) is 5.75 Å². The number of ether oxygens (including phenoxy) is 1. The SMILES string of the molecule is COc1ccc2nc(-c3ccc(-c4ccc(N)nc4)cc3)n(C)c2c1. The molecule has 0 unspecified atom stereocenters. The fraction of sp³-hybridized carbons (Fsp3) is 0.100. The number of rotatable bonds is 3. The number of aromatic nitrogens is 3. The van der Waals surface area contributed by atoms with Crippen LogP contribution in [0.1, 0.15) is 0 Å². The van der Waals surface area contributed by atoms with Gasteiger partial charge in [-0.3, -0.25) is 0 Å². The number of benzene rings is 2. The molecule has 5 heteroatoms. The molecule has 2 aromatic carbocycles. The van der Waals surface area contributed by atoms with Crippen LogP contribution in [0.2, 0.25) is 0 Å². The number of pyridine rings is 1. The fourth-order valence-electron chi connectivity index (χ4n) is 2.94. The Morgan fingerprint density at radius 1 is 0.920 bits per heavy atom. The lowest BCUT2D eigenvalue weighted by Gasteiger charge is -2.06. The minimum atomic E-state index is 0.524. The van der Waals surface area contributed by atoms with Gasteiger partial charge in [-0.25, -0.2) is 9.97 Å². The zero-order valence-corrected chi connectivity index (χ0v) is 14.1. The lowest BCUT2D eigenvalue weighted by Crippen LogP contribution is -1.93. The zero-order chi connectivity index (χ0) is 17.4. The number of hydrogen-bond donors (Lipinski definition) is 1. The summed E-state index contributed by atoms with van der Waals surface area (Å²) in [5, 5.41) is 0. The molecule has 0 aliphatic rings. The molecule has 2 N–H and O–H groups in total. The van der Waals surface area contributed by atoms with Crippen LogP contribution < -0.4 is 10.5 Å². The van der Waals surface area contributed by atoms with Crippen LogP contribution in [-0.4, -0.2) is 21.6 Å². The molecule has 4 rings (SSSR count). The maximum absolute atomic E-state index is 5.65. The number of nitrogens with zero attached hydrogens (tertiary/aromatic N) is 3. The second-order valence-electron chi connectivity index (χ2n) is 5.90. The summed E-state index contributed by atoms with van der Waals surface area (Å²) >= 11 is 0. The molecule has 2 aromatic heterocycles. The van der Waals surface area contributed by atoms with Crippen LogP contribution in [0.15, 0.2) is 60.8 Å². The van der Waals surface area contributed by atoms with E-state index in [9.17, 15) is 0 Å². The lowest BCUT2D eigenvalue weighted by molar-refractivity contribution is 0.415. The van der Waals surface area contributed by atoms with E-state index >= 15 is 0 Å². The molecule has 0 aliphatic heterocycles. The summed E-state index contributed by atoms with van der Waals surface area (Å²) in [7, 11) is 3.69. The molecule has 0 aliphatic carbocycles. The molecule has 4 aromatic rings. The Kier molecular flexibility index (Phi) is 3.61. The highest BCUT2D eigenvalue weighted by Gasteiger charge is 2.11. The van der Waals surface area contributed by atoms with E-state index in [1.54, 1.807) is 13.3 Å². The Hall–Kier alpha value is -3.34. The number of nitrogens with two attached hydrogens (primary N) is 1. The summed E-state index contributed by atoms with van der Waals surface area (Å²) in [6, 6.07) is 18.0. The van der Waals surface area contributed by atoms with Crippen molar-refractivity contribution in [3.63, 3.8) is 0 Å². The van der Waals surface area contributed by atoms with E-state index in [2.05, 4.69) is 33.8 Å². The van der Waals surface area contributed by atoms with Crippen molar-refractivity contribution in [1.29, 1.82) is 0 Å². The van der Waals surface area contributed by atoms with E-state index in [1.807, 2.05) is 37.4 Å². The van der Waals surface area contributed by atoms with Gasteiger partial charge in [0.15, 0.2) is 0 Å². The predicted octanol–water partition coefficient (Wildman–Crippen LogP) is 3.89. The first-order valence-corrected chi connectivity index (χ1v) is 7.98. The molecule has 124 valence electrons. The molecular weight excluding hydrogens is 312 g/mol. The van der Waals surface area contributed by atoms with Gasteiger partial charge >= 0.3 is 0 Å². The predicted molar refractivity (Wildman–Crippen MR) is 100 cm³/mol. The largest absolute Gasteiger partial charge is 0.497 e. The van der Waals surface area contributed by atoms with E-state index in [0.717, 1.165) is 39.3 Å². The molecule has 5 nitrogen and oxygen atoms in total. The maximum atomic E-state index is 5.65. The molecule has 0 bridgehead atoms. The minimum Gasteiger partial charge on any atom is -0.497 e. The Morgan fingerprint density at radius 2 is 1.64 bits per heavy atom.